The molecule has 0 nitrogen and oxygen atoms in total. The average molecular weight is 417 g/mol. The molecule has 0 aromatic heterocycles. The molecule has 5 aromatic carbocycles. The summed E-state index contributed by atoms with van der Waals surface area (Å²) >= 11 is 0. The Labute approximate surface area is 191 Å². The van der Waals surface area contributed by atoms with Crippen LogP contribution in [0.4, 0.5) is 0 Å². The van der Waals surface area contributed by atoms with Gasteiger partial charge in [0.1, 0.15) is 0 Å². The normalized spacial score (nSPS) is 12.7. The molecule has 0 N–H and O–H groups in total. The fourth-order valence-corrected chi connectivity index (χ4v) is 4.72. The van der Waals surface area contributed by atoms with Crippen molar-refractivity contribution in [2.24, 2.45) is 0 Å². The molecule has 5 rings (SSSR count). The summed E-state index contributed by atoms with van der Waals surface area (Å²) in [6.07, 6.45) is 0. The van der Waals surface area contributed by atoms with Crippen molar-refractivity contribution in [1.82, 2.24) is 0 Å². The molecule has 0 heterocycles. The molecule has 0 saturated carbocycles. The van der Waals surface area contributed by atoms with E-state index >= 15 is 0 Å². The van der Waals surface area contributed by atoms with Crippen LogP contribution in [0.5, 0.6) is 0 Å². The maximum Gasteiger partial charge on any atom is -0.0105 e. The second-order valence-corrected chi connectivity index (χ2v) is 11.2. The Hall–Kier alpha value is -3.12. The summed E-state index contributed by atoms with van der Waals surface area (Å²) in [5.74, 6) is 0. The van der Waals surface area contributed by atoms with E-state index in [9.17, 15) is 0 Å². The minimum Gasteiger partial charge on any atom is -0.0616 e. The van der Waals surface area contributed by atoms with E-state index in [2.05, 4.69) is 126 Å². The van der Waals surface area contributed by atoms with Crippen LogP contribution >= 0.6 is 0 Å². The van der Waals surface area contributed by atoms with Crippen molar-refractivity contribution in [3.8, 4) is 0 Å². The molecule has 0 heteroatoms. The van der Waals surface area contributed by atoms with E-state index in [1.807, 2.05) is 0 Å². The lowest BCUT2D eigenvalue weighted by Gasteiger charge is -2.21. The van der Waals surface area contributed by atoms with Crippen molar-refractivity contribution in [3.63, 3.8) is 0 Å². The van der Waals surface area contributed by atoms with Crippen LogP contribution in [0.1, 0.15) is 52.7 Å². The molecule has 0 atom stereocenters. The lowest BCUT2D eigenvalue weighted by atomic mass is 9.83. The maximum atomic E-state index is 2.39. The standard InChI is InChI=1S/C32H32/c1-31(2,3)25-17-21-15-22(18-25)28-12-8-10-14-30(28)24-16-23(19-26(20-24)32(4,5)6)29-13-9-7-11-27(21)29/h7-20H,1-6H3. The quantitative estimate of drug-likeness (QED) is 0.236. The summed E-state index contributed by atoms with van der Waals surface area (Å²) in [4.78, 5) is 0. The molecule has 0 aliphatic rings. The summed E-state index contributed by atoms with van der Waals surface area (Å²) in [6.45, 7) is 13.8. The largest absolute Gasteiger partial charge is 0.0616 e. The third-order valence-electron chi connectivity index (χ3n) is 6.70. The number of hydrogen-bond acceptors (Lipinski definition) is 0. The number of rotatable bonds is 0. The first kappa shape index (κ1) is 20.8. The Kier molecular flexibility index (Phi) is 4.67. The van der Waals surface area contributed by atoms with Crippen molar-refractivity contribution in [3.05, 3.63) is 96.1 Å². The second kappa shape index (κ2) is 7.20. The van der Waals surface area contributed by atoms with E-state index in [1.165, 1.54) is 54.2 Å². The first-order valence-corrected chi connectivity index (χ1v) is 11.6. The highest BCUT2D eigenvalue weighted by Gasteiger charge is 2.17. The van der Waals surface area contributed by atoms with Gasteiger partial charge in [-0.3, -0.25) is 0 Å². The first-order chi connectivity index (χ1) is 15.1. The monoisotopic (exact) mass is 416 g/mol. The predicted molar refractivity (Wildman–Crippen MR) is 143 cm³/mol. The van der Waals surface area contributed by atoms with Crippen LogP contribution in [0, 0.1) is 0 Å². The SMILES string of the molecule is CC(C)(C)c1cc2cc(c1)c1ccccc1c1cc(C(C)(C)C)cc(c1)c1ccccc21. The van der Waals surface area contributed by atoms with Gasteiger partial charge in [-0.1, -0.05) is 114 Å². The molecular weight excluding hydrogens is 384 g/mol. The molecule has 0 saturated heterocycles. The highest BCUT2D eigenvalue weighted by Crippen LogP contribution is 2.35. The van der Waals surface area contributed by atoms with E-state index in [1.54, 1.807) is 0 Å². The van der Waals surface area contributed by atoms with Gasteiger partial charge in [-0.25, -0.2) is 0 Å². The van der Waals surface area contributed by atoms with Crippen LogP contribution < -0.4 is 0 Å². The molecule has 0 aliphatic heterocycles. The molecule has 0 spiro atoms. The topological polar surface area (TPSA) is 0 Å². The minimum atomic E-state index is 0.0759. The van der Waals surface area contributed by atoms with Crippen molar-refractivity contribution in [2.45, 2.75) is 52.4 Å². The lowest BCUT2D eigenvalue weighted by molar-refractivity contribution is 0.591. The third kappa shape index (κ3) is 3.58. The van der Waals surface area contributed by atoms with E-state index in [0.29, 0.717) is 0 Å². The molecule has 4 bridgehead atoms. The fraction of sp³-hybridized carbons (Fsp3) is 0.250. The Morgan fingerprint density at radius 3 is 0.844 bits per heavy atom. The highest BCUT2D eigenvalue weighted by atomic mass is 14.2. The zero-order chi connectivity index (χ0) is 22.7. The van der Waals surface area contributed by atoms with Gasteiger partial charge >= 0.3 is 0 Å². The van der Waals surface area contributed by atoms with Crippen LogP contribution in [0.25, 0.3) is 43.1 Å². The van der Waals surface area contributed by atoms with E-state index in [4.69, 9.17) is 0 Å². The van der Waals surface area contributed by atoms with Gasteiger partial charge in [-0.2, -0.15) is 0 Å². The van der Waals surface area contributed by atoms with Gasteiger partial charge in [0.2, 0.25) is 0 Å². The highest BCUT2D eigenvalue weighted by molar-refractivity contribution is 6.13. The van der Waals surface area contributed by atoms with Gasteiger partial charge in [0, 0.05) is 0 Å². The van der Waals surface area contributed by atoms with Crippen molar-refractivity contribution < 1.29 is 0 Å². The molecule has 0 aliphatic carbocycles. The van der Waals surface area contributed by atoms with E-state index in [0.717, 1.165) is 0 Å². The molecule has 0 unspecified atom stereocenters. The molecule has 0 fully saturated rings. The fourth-order valence-electron chi connectivity index (χ4n) is 4.72. The van der Waals surface area contributed by atoms with E-state index in [-0.39, 0.29) is 10.8 Å². The Morgan fingerprint density at radius 2 is 0.625 bits per heavy atom. The Morgan fingerprint density at radius 1 is 0.375 bits per heavy atom. The van der Waals surface area contributed by atoms with Crippen LogP contribution in [0.3, 0.4) is 0 Å². The van der Waals surface area contributed by atoms with Crippen molar-refractivity contribution in [1.29, 1.82) is 0 Å². The lowest BCUT2D eigenvalue weighted by Crippen LogP contribution is -2.11. The smallest absolute Gasteiger partial charge is 0.0105 e. The average Bonchev–Trinajstić information content (AvgIpc) is 2.77. The number of hydrogen-bond donors (Lipinski definition) is 0. The predicted octanol–water partition coefficient (Wildman–Crippen LogP) is 9.46. The van der Waals surface area contributed by atoms with Crippen molar-refractivity contribution >= 4 is 43.1 Å². The molecule has 0 amide bonds. The van der Waals surface area contributed by atoms with Gasteiger partial charge in [0.25, 0.3) is 0 Å². The van der Waals surface area contributed by atoms with Crippen LogP contribution in [-0.4, -0.2) is 0 Å². The van der Waals surface area contributed by atoms with Gasteiger partial charge in [-0.05, 0) is 77.2 Å². The van der Waals surface area contributed by atoms with Gasteiger partial charge in [0.05, 0.1) is 0 Å². The number of benzene rings is 4. The zero-order valence-corrected chi connectivity index (χ0v) is 20.1. The van der Waals surface area contributed by atoms with Crippen molar-refractivity contribution in [2.75, 3.05) is 0 Å². The van der Waals surface area contributed by atoms with E-state index < -0.39 is 0 Å². The van der Waals surface area contributed by atoms with Gasteiger partial charge in [0.15, 0.2) is 0 Å². The Balaban J connectivity index is 2.16. The summed E-state index contributed by atoms with van der Waals surface area (Å²) in [6, 6.07) is 32.1. The van der Waals surface area contributed by atoms with Gasteiger partial charge in [-0.15, -0.1) is 0 Å². The van der Waals surface area contributed by atoms with Gasteiger partial charge < -0.3 is 0 Å². The summed E-state index contributed by atoms with van der Waals surface area (Å²) < 4.78 is 0. The minimum absolute atomic E-state index is 0.0759. The molecule has 5 aromatic rings. The van der Waals surface area contributed by atoms with Crippen LogP contribution in [0.15, 0.2) is 84.9 Å². The number of fused-ring (bicyclic) bond motifs is 10. The molecular formula is C32H32. The molecule has 160 valence electrons. The zero-order valence-electron chi connectivity index (χ0n) is 20.1. The molecule has 0 radical (unpaired) electrons. The molecule has 32 heavy (non-hydrogen) atoms. The maximum absolute atomic E-state index is 2.39. The van der Waals surface area contributed by atoms with Crippen LogP contribution in [0.2, 0.25) is 0 Å². The third-order valence-corrected chi connectivity index (χ3v) is 6.70. The Bertz CT molecular complexity index is 1310. The summed E-state index contributed by atoms with van der Waals surface area (Å²) in [5, 5.41) is 10.4. The summed E-state index contributed by atoms with van der Waals surface area (Å²) in [7, 11) is 0. The van der Waals surface area contributed by atoms with Crippen LogP contribution in [-0.2, 0) is 10.8 Å². The summed E-state index contributed by atoms with van der Waals surface area (Å²) in [5.41, 5.74) is 2.89. The second-order valence-electron chi connectivity index (χ2n) is 11.2. The first-order valence-electron chi connectivity index (χ1n) is 11.6.